The van der Waals surface area contributed by atoms with E-state index in [-0.39, 0.29) is 17.8 Å². The Morgan fingerprint density at radius 1 is 1.38 bits per heavy atom. The van der Waals surface area contributed by atoms with Gasteiger partial charge in [0.05, 0.1) is 5.92 Å². The van der Waals surface area contributed by atoms with Gasteiger partial charge in [-0.05, 0) is 26.8 Å². The second-order valence-corrected chi connectivity index (χ2v) is 7.17. The van der Waals surface area contributed by atoms with Crippen LogP contribution in [0.2, 0.25) is 0 Å². The van der Waals surface area contributed by atoms with Gasteiger partial charge in [-0.1, -0.05) is 25.2 Å². The van der Waals surface area contributed by atoms with Gasteiger partial charge in [-0.2, -0.15) is 0 Å². The molecule has 0 saturated carbocycles. The third-order valence-electron chi connectivity index (χ3n) is 5.04. The SMILES string of the molecule is C=C1C(=O)O[C@@H]2C/C(C)=C\C(=O)C[C@@H](C)[C@@H](OC(=O)/C(C)=C\C)[C@H](O)[C@@H]12. The van der Waals surface area contributed by atoms with E-state index in [0.717, 1.165) is 5.57 Å². The van der Waals surface area contributed by atoms with Crippen molar-refractivity contribution in [3.63, 3.8) is 0 Å². The molecule has 0 aromatic heterocycles. The highest BCUT2D eigenvalue weighted by molar-refractivity contribution is 5.92. The summed E-state index contributed by atoms with van der Waals surface area (Å²) in [6, 6.07) is 0. The van der Waals surface area contributed by atoms with E-state index in [1.54, 1.807) is 33.8 Å². The van der Waals surface area contributed by atoms with Crippen LogP contribution in [0.3, 0.4) is 0 Å². The summed E-state index contributed by atoms with van der Waals surface area (Å²) in [6.07, 6.45) is 0.800. The highest BCUT2D eigenvalue weighted by atomic mass is 16.6. The molecule has 1 aliphatic heterocycles. The molecule has 26 heavy (non-hydrogen) atoms. The van der Waals surface area contributed by atoms with Gasteiger partial charge in [-0.15, -0.1) is 0 Å². The Balaban J connectivity index is 2.42. The number of carbonyl (C=O) groups is 3. The summed E-state index contributed by atoms with van der Waals surface area (Å²) in [5.41, 5.74) is 1.34. The summed E-state index contributed by atoms with van der Waals surface area (Å²) in [5.74, 6) is -2.37. The molecule has 6 nitrogen and oxygen atoms in total. The number of allylic oxidation sites excluding steroid dienone is 2. The average Bonchev–Trinajstić information content (AvgIpc) is 2.83. The number of hydrogen-bond donors (Lipinski definition) is 1. The minimum atomic E-state index is -1.19. The third-order valence-corrected chi connectivity index (χ3v) is 5.04. The number of ketones is 1. The van der Waals surface area contributed by atoms with Crippen LogP contribution in [0.25, 0.3) is 0 Å². The number of carbonyl (C=O) groups excluding carboxylic acids is 3. The second-order valence-electron chi connectivity index (χ2n) is 7.17. The quantitative estimate of drug-likeness (QED) is 0.599. The lowest BCUT2D eigenvalue weighted by molar-refractivity contribution is -0.159. The van der Waals surface area contributed by atoms with E-state index in [9.17, 15) is 19.5 Å². The van der Waals surface area contributed by atoms with Gasteiger partial charge in [-0.3, -0.25) is 4.79 Å². The van der Waals surface area contributed by atoms with Gasteiger partial charge in [0.1, 0.15) is 18.3 Å². The molecule has 1 heterocycles. The Morgan fingerprint density at radius 3 is 2.65 bits per heavy atom. The van der Waals surface area contributed by atoms with Crippen molar-refractivity contribution < 1.29 is 29.0 Å². The normalized spacial score (nSPS) is 35.3. The monoisotopic (exact) mass is 362 g/mol. The molecule has 2 aliphatic rings. The van der Waals surface area contributed by atoms with Crippen LogP contribution in [0, 0.1) is 11.8 Å². The molecule has 1 aliphatic carbocycles. The number of aliphatic hydroxyl groups excluding tert-OH is 1. The van der Waals surface area contributed by atoms with Crippen molar-refractivity contribution >= 4 is 17.7 Å². The Hall–Kier alpha value is -2.21. The minimum absolute atomic E-state index is 0.118. The van der Waals surface area contributed by atoms with E-state index < -0.39 is 42.1 Å². The Labute approximate surface area is 153 Å². The molecule has 1 fully saturated rings. The van der Waals surface area contributed by atoms with Gasteiger partial charge in [0, 0.05) is 29.9 Å². The number of esters is 2. The molecule has 1 saturated heterocycles. The van der Waals surface area contributed by atoms with Crippen molar-refractivity contribution in [2.24, 2.45) is 11.8 Å². The molecular weight excluding hydrogens is 336 g/mol. The number of rotatable bonds is 2. The first-order valence-corrected chi connectivity index (χ1v) is 8.77. The van der Waals surface area contributed by atoms with Crippen LogP contribution >= 0.6 is 0 Å². The van der Waals surface area contributed by atoms with E-state index in [0.29, 0.717) is 12.0 Å². The van der Waals surface area contributed by atoms with Gasteiger partial charge in [0.25, 0.3) is 0 Å². The van der Waals surface area contributed by atoms with Crippen molar-refractivity contribution in [3.8, 4) is 0 Å². The molecule has 2 rings (SSSR count). The lowest BCUT2D eigenvalue weighted by Gasteiger charge is -2.33. The number of hydrogen-bond acceptors (Lipinski definition) is 6. The van der Waals surface area contributed by atoms with E-state index >= 15 is 0 Å². The maximum Gasteiger partial charge on any atom is 0.334 e. The first-order chi connectivity index (χ1) is 12.1. The predicted octanol–water partition coefficient (Wildman–Crippen LogP) is 2.27. The molecule has 0 amide bonds. The lowest BCUT2D eigenvalue weighted by Crippen LogP contribution is -2.45. The smallest absolute Gasteiger partial charge is 0.334 e. The van der Waals surface area contributed by atoms with Crippen LogP contribution in [0.5, 0.6) is 0 Å². The molecule has 0 unspecified atom stereocenters. The van der Waals surface area contributed by atoms with E-state index in [2.05, 4.69) is 6.58 Å². The summed E-state index contributed by atoms with van der Waals surface area (Å²) in [4.78, 5) is 36.5. The third kappa shape index (κ3) is 4.12. The molecule has 5 atom stereocenters. The number of aliphatic hydroxyl groups is 1. The maximum atomic E-state index is 12.2. The number of ether oxygens (including phenoxy) is 2. The fraction of sp³-hybridized carbons (Fsp3) is 0.550. The van der Waals surface area contributed by atoms with Crippen molar-refractivity contribution in [1.29, 1.82) is 0 Å². The van der Waals surface area contributed by atoms with Crippen LogP contribution in [0.4, 0.5) is 0 Å². The summed E-state index contributed by atoms with van der Waals surface area (Å²) in [5, 5.41) is 11.0. The predicted molar refractivity (Wildman–Crippen MR) is 95.0 cm³/mol. The average molecular weight is 362 g/mol. The highest BCUT2D eigenvalue weighted by Crippen LogP contribution is 2.37. The molecule has 6 heteroatoms. The second kappa shape index (κ2) is 7.99. The van der Waals surface area contributed by atoms with Crippen molar-refractivity contribution in [2.45, 2.75) is 58.8 Å². The van der Waals surface area contributed by atoms with E-state index in [1.165, 1.54) is 6.08 Å². The molecular formula is C20H26O6. The largest absolute Gasteiger partial charge is 0.458 e. The highest BCUT2D eigenvalue weighted by Gasteiger charge is 2.48. The molecule has 142 valence electrons. The Bertz CT molecular complexity index is 686. The van der Waals surface area contributed by atoms with Gasteiger partial charge in [0.15, 0.2) is 5.78 Å². The minimum Gasteiger partial charge on any atom is -0.458 e. The zero-order valence-corrected chi connectivity index (χ0v) is 15.7. The van der Waals surface area contributed by atoms with Crippen molar-refractivity contribution in [1.82, 2.24) is 0 Å². The summed E-state index contributed by atoms with van der Waals surface area (Å²) in [6.45, 7) is 10.6. The molecule has 0 bridgehead atoms. The molecule has 0 aromatic rings. The zero-order valence-electron chi connectivity index (χ0n) is 15.7. The van der Waals surface area contributed by atoms with Crippen LogP contribution in [0.1, 0.15) is 40.5 Å². The maximum absolute atomic E-state index is 12.2. The van der Waals surface area contributed by atoms with Crippen molar-refractivity contribution in [2.75, 3.05) is 0 Å². The van der Waals surface area contributed by atoms with Crippen molar-refractivity contribution in [3.05, 3.63) is 35.5 Å². The molecule has 0 spiro atoms. The van der Waals surface area contributed by atoms with Crippen LogP contribution in [0.15, 0.2) is 35.5 Å². The summed E-state index contributed by atoms with van der Waals surface area (Å²) in [7, 11) is 0. The topological polar surface area (TPSA) is 89.9 Å². The fourth-order valence-electron chi connectivity index (χ4n) is 3.45. The van der Waals surface area contributed by atoms with Crippen LogP contribution in [-0.2, 0) is 23.9 Å². The Kier molecular flexibility index (Phi) is 6.18. The summed E-state index contributed by atoms with van der Waals surface area (Å²) < 4.78 is 10.9. The van der Waals surface area contributed by atoms with Crippen LogP contribution < -0.4 is 0 Å². The van der Waals surface area contributed by atoms with Gasteiger partial charge in [0.2, 0.25) is 0 Å². The lowest BCUT2D eigenvalue weighted by atomic mass is 9.80. The number of fused-ring (bicyclic) bond motifs is 1. The first-order valence-electron chi connectivity index (χ1n) is 8.77. The standard InChI is InChI=1S/C20H26O6/c1-6-11(3)19(23)26-18-12(4)9-14(21)7-10(2)8-15-16(17(18)22)13(5)20(24)25-15/h6-7,12,15-18,22H,5,8-9H2,1-4H3/b10-7-,11-6-/t12-,15-,16+,17-,18-/m1/s1. The Morgan fingerprint density at radius 2 is 2.04 bits per heavy atom. The van der Waals surface area contributed by atoms with E-state index in [1.807, 2.05) is 0 Å². The van der Waals surface area contributed by atoms with Crippen LogP contribution in [-0.4, -0.2) is 41.1 Å². The van der Waals surface area contributed by atoms with Gasteiger partial charge >= 0.3 is 11.9 Å². The van der Waals surface area contributed by atoms with E-state index in [4.69, 9.17) is 9.47 Å². The zero-order chi connectivity index (χ0) is 19.6. The molecule has 1 N–H and O–H groups in total. The summed E-state index contributed by atoms with van der Waals surface area (Å²) >= 11 is 0. The fourth-order valence-corrected chi connectivity index (χ4v) is 3.45. The van der Waals surface area contributed by atoms with Gasteiger partial charge in [-0.25, -0.2) is 9.59 Å². The first kappa shape index (κ1) is 20.1. The molecule has 0 aromatic carbocycles. The van der Waals surface area contributed by atoms with Gasteiger partial charge < -0.3 is 14.6 Å². The molecule has 0 radical (unpaired) electrons.